The fraction of sp³-hybridized carbons (Fsp3) is 1.00. The van der Waals surface area contributed by atoms with Gasteiger partial charge >= 0.3 is 0 Å². The molecule has 0 aliphatic heterocycles. The molecule has 1 saturated carbocycles. The van der Waals surface area contributed by atoms with Crippen molar-refractivity contribution in [3.63, 3.8) is 0 Å². The van der Waals surface area contributed by atoms with Crippen LogP contribution in [0.25, 0.3) is 0 Å². The molecule has 4 heteroatoms. The van der Waals surface area contributed by atoms with Gasteiger partial charge in [0.1, 0.15) is 0 Å². The molecule has 0 bridgehead atoms. The van der Waals surface area contributed by atoms with Crippen LogP contribution < -0.4 is 5.32 Å². The molecule has 0 spiro atoms. The third-order valence-corrected chi connectivity index (χ3v) is 5.63. The van der Waals surface area contributed by atoms with Crippen molar-refractivity contribution in [2.75, 3.05) is 26.0 Å². The van der Waals surface area contributed by atoms with Crippen LogP contribution in [0.2, 0.25) is 0 Å². The third kappa shape index (κ3) is 5.37. The summed E-state index contributed by atoms with van der Waals surface area (Å²) in [6, 6.07) is 0.463. The van der Waals surface area contributed by atoms with Crippen LogP contribution in [0, 0.1) is 5.92 Å². The van der Waals surface area contributed by atoms with Crippen molar-refractivity contribution in [2.45, 2.75) is 57.2 Å². The highest BCUT2D eigenvalue weighted by atomic mass is 32.2. The second-order valence-corrected chi connectivity index (χ2v) is 7.22. The predicted molar refractivity (Wildman–Crippen MR) is 78.4 cm³/mol. The van der Waals surface area contributed by atoms with E-state index in [1.54, 1.807) is 7.11 Å². The minimum Gasteiger partial charge on any atom is -0.385 e. The molecule has 4 atom stereocenters. The van der Waals surface area contributed by atoms with E-state index in [1.165, 1.54) is 12.8 Å². The van der Waals surface area contributed by atoms with E-state index in [2.05, 4.69) is 19.2 Å². The lowest BCUT2D eigenvalue weighted by atomic mass is 9.87. The lowest BCUT2D eigenvalue weighted by Crippen LogP contribution is -2.46. The van der Waals surface area contributed by atoms with E-state index >= 15 is 0 Å². The van der Waals surface area contributed by atoms with Gasteiger partial charge in [0.2, 0.25) is 0 Å². The summed E-state index contributed by atoms with van der Waals surface area (Å²) in [5, 5.41) is 3.93. The van der Waals surface area contributed by atoms with Crippen molar-refractivity contribution in [3.05, 3.63) is 0 Å². The first-order valence-corrected chi connectivity index (χ1v) is 8.66. The largest absolute Gasteiger partial charge is 0.385 e. The van der Waals surface area contributed by atoms with Crippen LogP contribution in [0.1, 0.15) is 46.0 Å². The predicted octanol–water partition coefficient (Wildman–Crippen LogP) is 2.33. The number of hydrogen-bond donors (Lipinski definition) is 1. The van der Waals surface area contributed by atoms with E-state index in [1.807, 2.05) is 0 Å². The zero-order chi connectivity index (χ0) is 13.4. The molecule has 0 aromatic heterocycles. The molecular weight excluding hydrogens is 246 g/mol. The molecular formula is C14H29NO2S. The van der Waals surface area contributed by atoms with Crippen molar-refractivity contribution in [3.8, 4) is 0 Å². The summed E-state index contributed by atoms with van der Waals surface area (Å²) in [6.07, 6.45) is 5.62. The molecule has 0 aromatic rings. The van der Waals surface area contributed by atoms with Gasteiger partial charge in [-0.05, 0) is 44.6 Å². The molecule has 0 heterocycles. The maximum atomic E-state index is 12.4. The summed E-state index contributed by atoms with van der Waals surface area (Å²) in [4.78, 5) is 0. The van der Waals surface area contributed by atoms with Crippen LogP contribution in [0.5, 0.6) is 0 Å². The molecule has 1 N–H and O–H groups in total. The molecule has 3 nitrogen and oxygen atoms in total. The Morgan fingerprint density at radius 1 is 1.39 bits per heavy atom. The fourth-order valence-corrected chi connectivity index (χ4v) is 4.53. The van der Waals surface area contributed by atoms with Crippen LogP contribution in [0.3, 0.4) is 0 Å². The van der Waals surface area contributed by atoms with Crippen molar-refractivity contribution in [1.29, 1.82) is 0 Å². The number of ether oxygens (including phenoxy) is 1. The van der Waals surface area contributed by atoms with Crippen molar-refractivity contribution < 1.29 is 8.95 Å². The number of rotatable bonds is 8. The molecule has 0 radical (unpaired) electrons. The molecule has 18 heavy (non-hydrogen) atoms. The topological polar surface area (TPSA) is 38.3 Å². The monoisotopic (exact) mass is 275 g/mol. The van der Waals surface area contributed by atoms with E-state index in [0.29, 0.717) is 11.3 Å². The standard InChI is InChI=1S/C14H29NO2S/c1-4-8-15-13-7-6-12(2)11-14(13)18(16)10-5-9-17-3/h12-15H,4-11H2,1-3H3. The average Bonchev–Trinajstić information content (AvgIpc) is 2.37. The quantitative estimate of drug-likeness (QED) is 0.691. The molecule has 4 unspecified atom stereocenters. The smallest absolute Gasteiger partial charge is 0.0503 e. The summed E-state index contributed by atoms with van der Waals surface area (Å²) in [7, 11) is 1.00. The van der Waals surface area contributed by atoms with Crippen LogP contribution in [0.15, 0.2) is 0 Å². The SMILES string of the molecule is CCCNC1CCC(C)CC1S(=O)CCCOC. The van der Waals surface area contributed by atoms with Gasteiger partial charge < -0.3 is 10.1 Å². The van der Waals surface area contributed by atoms with Crippen LogP contribution in [0.4, 0.5) is 0 Å². The van der Waals surface area contributed by atoms with Crippen LogP contribution in [-0.2, 0) is 15.5 Å². The normalized spacial score (nSPS) is 30.3. The second-order valence-electron chi connectivity index (χ2n) is 5.45. The van der Waals surface area contributed by atoms with E-state index in [9.17, 15) is 4.21 Å². The van der Waals surface area contributed by atoms with Crippen LogP contribution in [-0.4, -0.2) is 41.5 Å². The Kier molecular flexibility index (Phi) is 8.11. The van der Waals surface area contributed by atoms with E-state index in [4.69, 9.17) is 4.74 Å². The summed E-state index contributed by atoms with van der Waals surface area (Å²) in [5.74, 6) is 1.51. The zero-order valence-electron chi connectivity index (χ0n) is 12.1. The first-order valence-electron chi connectivity index (χ1n) is 7.28. The third-order valence-electron chi connectivity index (χ3n) is 3.74. The van der Waals surface area contributed by atoms with E-state index in [0.717, 1.165) is 44.1 Å². The van der Waals surface area contributed by atoms with Gasteiger partial charge in [-0.15, -0.1) is 0 Å². The average molecular weight is 275 g/mol. The maximum absolute atomic E-state index is 12.4. The summed E-state index contributed by atoms with van der Waals surface area (Å²) >= 11 is 0. The van der Waals surface area contributed by atoms with Gasteiger partial charge in [-0.25, -0.2) is 0 Å². The van der Waals surface area contributed by atoms with Gasteiger partial charge in [-0.1, -0.05) is 13.8 Å². The highest BCUT2D eigenvalue weighted by Crippen LogP contribution is 2.28. The van der Waals surface area contributed by atoms with Gasteiger partial charge in [0.25, 0.3) is 0 Å². The lowest BCUT2D eigenvalue weighted by molar-refractivity contribution is 0.199. The molecule has 1 aliphatic carbocycles. The van der Waals surface area contributed by atoms with Crippen molar-refractivity contribution >= 4 is 10.8 Å². The molecule has 0 aromatic carbocycles. The number of nitrogens with one attached hydrogen (secondary N) is 1. The first kappa shape index (κ1) is 16.1. The van der Waals surface area contributed by atoms with Gasteiger partial charge in [-0.2, -0.15) is 0 Å². The highest BCUT2D eigenvalue weighted by molar-refractivity contribution is 7.85. The zero-order valence-corrected chi connectivity index (χ0v) is 12.9. The Morgan fingerprint density at radius 2 is 2.17 bits per heavy atom. The van der Waals surface area contributed by atoms with Crippen molar-refractivity contribution in [2.24, 2.45) is 5.92 Å². The van der Waals surface area contributed by atoms with Gasteiger partial charge in [-0.3, -0.25) is 4.21 Å². The van der Waals surface area contributed by atoms with Crippen molar-refractivity contribution in [1.82, 2.24) is 5.32 Å². The van der Waals surface area contributed by atoms with Gasteiger partial charge in [0, 0.05) is 36.3 Å². The minimum absolute atomic E-state index is 0.345. The minimum atomic E-state index is -0.705. The Bertz CT molecular complexity index is 246. The summed E-state index contributed by atoms with van der Waals surface area (Å²) in [6.45, 7) is 6.24. The number of hydrogen-bond acceptors (Lipinski definition) is 3. The maximum Gasteiger partial charge on any atom is 0.0503 e. The Labute approximate surface area is 115 Å². The summed E-state index contributed by atoms with van der Waals surface area (Å²) in [5.41, 5.74) is 0. The van der Waals surface area contributed by atoms with E-state index < -0.39 is 10.8 Å². The van der Waals surface area contributed by atoms with E-state index in [-0.39, 0.29) is 0 Å². The van der Waals surface area contributed by atoms with Gasteiger partial charge in [0.15, 0.2) is 0 Å². The van der Waals surface area contributed by atoms with Crippen LogP contribution >= 0.6 is 0 Å². The van der Waals surface area contributed by atoms with Gasteiger partial charge in [0.05, 0.1) is 5.25 Å². The molecule has 0 amide bonds. The fourth-order valence-electron chi connectivity index (χ4n) is 2.68. The molecule has 1 fully saturated rings. The first-order chi connectivity index (χ1) is 8.69. The molecule has 0 saturated heterocycles. The molecule has 1 rings (SSSR count). The Hall–Kier alpha value is 0.0700. The summed E-state index contributed by atoms with van der Waals surface area (Å²) < 4.78 is 17.4. The highest BCUT2D eigenvalue weighted by Gasteiger charge is 2.31. The second kappa shape index (κ2) is 9.05. The lowest BCUT2D eigenvalue weighted by Gasteiger charge is -2.35. The Balaban J connectivity index is 2.46. The molecule has 108 valence electrons. The molecule has 1 aliphatic rings. The number of methoxy groups -OCH3 is 1. The Morgan fingerprint density at radius 3 is 2.83 bits per heavy atom.